The van der Waals surface area contributed by atoms with Gasteiger partial charge in [0, 0.05) is 12.2 Å². The van der Waals surface area contributed by atoms with Gasteiger partial charge in [0.05, 0.1) is 40.3 Å². The minimum absolute atomic E-state index is 0.0330. The van der Waals surface area contributed by atoms with Crippen molar-refractivity contribution in [3.63, 3.8) is 0 Å². The van der Waals surface area contributed by atoms with Crippen molar-refractivity contribution in [1.29, 1.82) is 0 Å². The van der Waals surface area contributed by atoms with Crippen molar-refractivity contribution in [2.75, 3.05) is 11.1 Å². The molecule has 15 heteroatoms. The standard InChI is InChI=1S/C24H25F3N8O3S/c1-5-13(3)35-22-17(11-30-20(34-22)18-14(4)31-12-32-19(18)24(25,26)27)33-21(23(35)36)29-9-15-7-8-16(10-28-15)39(37,38)6-2/h7-8,10-13H,5-6,9H2,1-4H3,(H,29,33). The van der Waals surface area contributed by atoms with E-state index >= 15 is 0 Å². The number of pyridine rings is 1. The van der Waals surface area contributed by atoms with Crippen LogP contribution in [0.3, 0.4) is 0 Å². The molecule has 39 heavy (non-hydrogen) atoms. The maximum absolute atomic E-state index is 13.7. The molecule has 0 aliphatic rings. The molecule has 0 aliphatic heterocycles. The fourth-order valence-electron chi connectivity index (χ4n) is 3.82. The predicted molar refractivity (Wildman–Crippen MR) is 137 cm³/mol. The zero-order valence-electron chi connectivity index (χ0n) is 21.5. The number of nitrogens with one attached hydrogen (secondary N) is 1. The van der Waals surface area contributed by atoms with Crippen LogP contribution in [0.4, 0.5) is 19.0 Å². The zero-order valence-corrected chi connectivity index (χ0v) is 22.3. The van der Waals surface area contributed by atoms with E-state index in [0.717, 1.165) is 6.33 Å². The second-order valence-corrected chi connectivity index (χ2v) is 11.0. The maximum Gasteiger partial charge on any atom is 0.434 e. The summed E-state index contributed by atoms with van der Waals surface area (Å²) in [7, 11) is -3.40. The Morgan fingerprint density at radius 2 is 1.79 bits per heavy atom. The van der Waals surface area contributed by atoms with Gasteiger partial charge in [0.2, 0.25) is 0 Å². The molecule has 4 heterocycles. The molecule has 0 aromatic carbocycles. The normalized spacial score (nSPS) is 13.0. The number of sulfone groups is 1. The minimum atomic E-state index is -4.77. The van der Waals surface area contributed by atoms with Crippen molar-refractivity contribution in [2.45, 2.75) is 57.8 Å². The fraction of sp³-hybridized carbons (Fsp3) is 0.375. The third-order valence-corrected chi connectivity index (χ3v) is 7.89. The van der Waals surface area contributed by atoms with Crippen molar-refractivity contribution in [1.82, 2.24) is 34.5 Å². The first kappa shape index (κ1) is 28.0. The molecule has 0 bridgehead atoms. The smallest absolute Gasteiger partial charge is 0.360 e. The van der Waals surface area contributed by atoms with Crippen LogP contribution in [0, 0.1) is 6.92 Å². The summed E-state index contributed by atoms with van der Waals surface area (Å²) in [6, 6.07) is 2.59. The molecule has 0 saturated carbocycles. The Bertz CT molecular complexity index is 1690. The van der Waals surface area contributed by atoms with Gasteiger partial charge in [-0.15, -0.1) is 0 Å². The van der Waals surface area contributed by atoms with Gasteiger partial charge < -0.3 is 5.32 Å². The van der Waals surface area contributed by atoms with Crippen LogP contribution in [0.5, 0.6) is 0 Å². The molecular formula is C24H25F3N8O3S. The maximum atomic E-state index is 13.7. The number of nitrogens with zero attached hydrogens (tertiary/aromatic N) is 7. The Morgan fingerprint density at radius 3 is 2.41 bits per heavy atom. The van der Waals surface area contributed by atoms with E-state index in [1.54, 1.807) is 6.92 Å². The summed E-state index contributed by atoms with van der Waals surface area (Å²) in [5.41, 5.74) is -1.35. The molecule has 4 aromatic heterocycles. The molecule has 1 N–H and O–H groups in total. The Labute approximate surface area is 221 Å². The Hall–Kier alpha value is -4.01. The first-order valence-corrected chi connectivity index (χ1v) is 13.6. The molecule has 0 radical (unpaired) electrons. The van der Waals surface area contributed by atoms with Gasteiger partial charge in [-0.05, 0) is 32.4 Å². The average Bonchev–Trinajstić information content (AvgIpc) is 2.91. The molecule has 206 valence electrons. The number of anilines is 1. The lowest BCUT2D eigenvalue weighted by molar-refractivity contribution is -0.140. The Kier molecular flexibility index (Phi) is 7.63. The summed E-state index contributed by atoms with van der Waals surface area (Å²) in [5, 5.41) is 2.92. The second kappa shape index (κ2) is 10.6. The highest BCUT2D eigenvalue weighted by atomic mass is 32.2. The third-order valence-electron chi connectivity index (χ3n) is 6.17. The monoisotopic (exact) mass is 562 g/mol. The number of hydrogen-bond acceptors (Lipinski definition) is 10. The van der Waals surface area contributed by atoms with E-state index in [1.807, 2.05) is 6.92 Å². The zero-order chi connectivity index (χ0) is 28.5. The number of halogens is 3. The molecule has 4 rings (SSSR count). The lowest BCUT2D eigenvalue weighted by Gasteiger charge is -2.18. The van der Waals surface area contributed by atoms with Crippen molar-refractivity contribution in [3.05, 3.63) is 58.3 Å². The number of rotatable bonds is 8. The van der Waals surface area contributed by atoms with Crippen molar-refractivity contribution in [2.24, 2.45) is 0 Å². The molecule has 1 atom stereocenters. The highest BCUT2D eigenvalue weighted by Gasteiger charge is 2.37. The highest BCUT2D eigenvalue weighted by molar-refractivity contribution is 7.91. The van der Waals surface area contributed by atoms with Gasteiger partial charge in [0.15, 0.2) is 32.8 Å². The van der Waals surface area contributed by atoms with Crippen LogP contribution in [-0.2, 0) is 22.6 Å². The van der Waals surface area contributed by atoms with Gasteiger partial charge in [-0.1, -0.05) is 13.8 Å². The largest absolute Gasteiger partial charge is 0.434 e. The summed E-state index contributed by atoms with van der Waals surface area (Å²) in [5.74, 6) is -0.375. The number of hydrogen-bond donors (Lipinski definition) is 1. The SMILES string of the molecule is CCC(C)n1c(=O)c(NCc2ccc(S(=O)(=O)CC)cn2)nc2cnc(-c3c(C)ncnc3C(F)(F)F)nc21. The molecule has 0 fully saturated rings. The van der Waals surface area contributed by atoms with Crippen LogP contribution in [0.1, 0.15) is 50.3 Å². The summed E-state index contributed by atoms with van der Waals surface area (Å²) in [6.07, 6.45) is -0.926. The lowest BCUT2D eigenvalue weighted by atomic mass is 10.1. The quantitative estimate of drug-likeness (QED) is 0.337. The van der Waals surface area contributed by atoms with E-state index in [9.17, 15) is 26.4 Å². The van der Waals surface area contributed by atoms with Crippen LogP contribution >= 0.6 is 0 Å². The molecule has 1 unspecified atom stereocenters. The highest BCUT2D eigenvalue weighted by Crippen LogP contribution is 2.35. The van der Waals surface area contributed by atoms with Crippen molar-refractivity contribution >= 4 is 26.8 Å². The predicted octanol–water partition coefficient (Wildman–Crippen LogP) is 3.74. The second-order valence-electron chi connectivity index (χ2n) is 8.72. The first-order valence-electron chi connectivity index (χ1n) is 12.0. The van der Waals surface area contributed by atoms with Gasteiger partial charge >= 0.3 is 6.18 Å². The van der Waals surface area contributed by atoms with Crippen LogP contribution in [0.2, 0.25) is 0 Å². The fourth-order valence-corrected chi connectivity index (χ4v) is 4.65. The van der Waals surface area contributed by atoms with Gasteiger partial charge in [-0.2, -0.15) is 13.2 Å². The Balaban J connectivity index is 1.77. The first-order chi connectivity index (χ1) is 18.4. The summed E-state index contributed by atoms with van der Waals surface area (Å²) < 4.78 is 66.4. The van der Waals surface area contributed by atoms with E-state index < -0.39 is 27.3 Å². The lowest BCUT2D eigenvalue weighted by Crippen LogP contribution is -2.28. The average molecular weight is 563 g/mol. The number of aromatic nitrogens is 7. The van der Waals surface area contributed by atoms with Crippen LogP contribution in [-0.4, -0.2) is 48.6 Å². The van der Waals surface area contributed by atoms with Crippen LogP contribution < -0.4 is 10.9 Å². The Morgan fingerprint density at radius 1 is 1.05 bits per heavy atom. The molecule has 0 amide bonds. The van der Waals surface area contributed by atoms with E-state index in [1.165, 1.54) is 42.9 Å². The van der Waals surface area contributed by atoms with Gasteiger partial charge in [-0.25, -0.2) is 33.3 Å². The van der Waals surface area contributed by atoms with Gasteiger partial charge in [0.25, 0.3) is 5.56 Å². The molecule has 4 aromatic rings. The van der Waals surface area contributed by atoms with Crippen LogP contribution in [0.15, 0.2) is 40.5 Å². The molecular weight excluding hydrogens is 537 g/mol. The molecule has 0 aliphatic carbocycles. The summed E-state index contributed by atoms with van der Waals surface area (Å²) in [6.45, 7) is 6.62. The van der Waals surface area contributed by atoms with E-state index in [4.69, 9.17) is 0 Å². The van der Waals surface area contributed by atoms with Crippen molar-refractivity contribution in [3.8, 4) is 11.4 Å². The van der Waals surface area contributed by atoms with Gasteiger partial charge in [0.1, 0.15) is 11.8 Å². The van der Waals surface area contributed by atoms with E-state index in [2.05, 4.69) is 35.2 Å². The number of aryl methyl sites for hydroxylation is 1. The molecule has 0 saturated heterocycles. The molecule has 0 spiro atoms. The van der Waals surface area contributed by atoms with E-state index in [-0.39, 0.29) is 57.3 Å². The topological polar surface area (TPSA) is 146 Å². The van der Waals surface area contributed by atoms with Crippen molar-refractivity contribution < 1.29 is 21.6 Å². The number of alkyl halides is 3. The van der Waals surface area contributed by atoms with Gasteiger partial charge in [-0.3, -0.25) is 14.3 Å². The van der Waals surface area contributed by atoms with E-state index in [0.29, 0.717) is 12.1 Å². The molecule has 11 nitrogen and oxygen atoms in total. The summed E-state index contributed by atoms with van der Waals surface area (Å²) in [4.78, 5) is 37.7. The number of fused-ring (bicyclic) bond motifs is 1. The minimum Gasteiger partial charge on any atom is -0.360 e. The third kappa shape index (κ3) is 5.57. The van der Waals surface area contributed by atoms with Crippen LogP contribution in [0.25, 0.3) is 22.6 Å². The summed E-state index contributed by atoms with van der Waals surface area (Å²) >= 11 is 0.